The Hall–Kier alpha value is -2.89. The highest BCUT2D eigenvalue weighted by molar-refractivity contribution is 5.96. The van der Waals surface area contributed by atoms with E-state index in [-0.39, 0.29) is 29.5 Å². The molecule has 1 unspecified atom stereocenters. The van der Waals surface area contributed by atoms with Crippen molar-refractivity contribution < 1.29 is 14.0 Å². The molecule has 1 aliphatic rings. The number of halogens is 1. The maximum Gasteiger partial charge on any atom is 0.232 e. The summed E-state index contributed by atoms with van der Waals surface area (Å²) in [5.41, 5.74) is 2.61. The number of hydrogen-bond acceptors (Lipinski definition) is 3. The van der Waals surface area contributed by atoms with Gasteiger partial charge in [-0.25, -0.2) is 4.39 Å². The first-order valence-corrected chi connectivity index (χ1v) is 10.0. The molecule has 0 aromatic heterocycles. The minimum Gasteiger partial charge on any atom is -0.368 e. The number of nitrogens with one attached hydrogen (secondary N) is 1. The lowest BCUT2D eigenvalue weighted by atomic mass is 9.87. The minimum absolute atomic E-state index is 0.0808. The first-order valence-electron chi connectivity index (χ1n) is 10.0. The van der Waals surface area contributed by atoms with Gasteiger partial charge in [-0.15, -0.1) is 0 Å². The molecule has 0 spiro atoms. The lowest BCUT2D eigenvalue weighted by molar-refractivity contribution is -0.129. The molecule has 1 saturated heterocycles. The maximum absolute atomic E-state index is 13.2. The van der Waals surface area contributed by atoms with E-state index in [1.807, 2.05) is 43.0 Å². The summed E-state index contributed by atoms with van der Waals surface area (Å²) in [4.78, 5) is 28.4. The quantitative estimate of drug-likeness (QED) is 0.833. The number of hydrogen-bond donors (Lipinski definition) is 1. The molecule has 5 nitrogen and oxygen atoms in total. The number of carbonyl (C=O) groups excluding carboxylic acids is 2. The van der Waals surface area contributed by atoms with E-state index in [1.54, 1.807) is 19.1 Å². The van der Waals surface area contributed by atoms with Crippen molar-refractivity contribution >= 4 is 23.2 Å². The van der Waals surface area contributed by atoms with Crippen LogP contribution in [0.1, 0.15) is 32.3 Å². The van der Waals surface area contributed by atoms with Gasteiger partial charge in [0.05, 0.1) is 5.92 Å². The van der Waals surface area contributed by atoms with Gasteiger partial charge in [0.2, 0.25) is 11.8 Å². The molecule has 2 aromatic rings. The third kappa shape index (κ3) is 5.13. The Morgan fingerprint density at radius 1 is 0.931 bits per heavy atom. The molecule has 2 aromatic carbocycles. The van der Waals surface area contributed by atoms with Gasteiger partial charge < -0.3 is 15.1 Å². The van der Waals surface area contributed by atoms with E-state index in [4.69, 9.17) is 0 Å². The second-order valence-corrected chi connectivity index (χ2v) is 7.80. The van der Waals surface area contributed by atoms with Crippen LogP contribution in [-0.2, 0) is 9.59 Å². The zero-order valence-electron chi connectivity index (χ0n) is 17.2. The van der Waals surface area contributed by atoms with Crippen molar-refractivity contribution in [2.45, 2.75) is 26.7 Å². The van der Waals surface area contributed by atoms with Crippen LogP contribution in [0.15, 0.2) is 48.5 Å². The molecule has 154 valence electrons. The Labute approximate surface area is 171 Å². The highest BCUT2D eigenvalue weighted by Gasteiger charge is 2.24. The van der Waals surface area contributed by atoms with Crippen LogP contribution in [0.2, 0.25) is 0 Å². The van der Waals surface area contributed by atoms with E-state index < -0.39 is 0 Å². The fourth-order valence-electron chi connectivity index (χ4n) is 3.76. The predicted molar refractivity (Wildman–Crippen MR) is 114 cm³/mol. The number of anilines is 2. The topological polar surface area (TPSA) is 52.7 Å². The zero-order chi connectivity index (χ0) is 21.0. The van der Waals surface area contributed by atoms with E-state index in [9.17, 15) is 14.0 Å². The van der Waals surface area contributed by atoms with Crippen LogP contribution in [0.3, 0.4) is 0 Å². The van der Waals surface area contributed by atoms with Crippen molar-refractivity contribution in [2.24, 2.45) is 5.92 Å². The van der Waals surface area contributed by atoms with E-state index in [0.717, 1.165) is 43.1 Å². The number of rotatable bonds is 5. The van der Waals surface area contributed by atoms with Gasteiger partial charge in [0.15, 0.2) is 0 Å². The molecule has 0 aliphatic carbocycles. The van der Waals surface area contributed by atoms with Crippen LogP contribution in [-0.4, -0.2) is 42.9 Å². The summed E-state index contributed by atoms with van der Waals surface area (Å²) in [7, 11) is 0. The molecular formula is C23H28FN3O2. The first-order chi connectivity index (χ1) is 13.8. The number of benzene rings is 2. The highest BCUT2D eigenvalue weighted by Crippen LogP contribution is 2.27. The molecular weight excluding hydrogens is 369 g/mol. The summed E-state index contributed by atoms with van der Waals surface area (Å²) in [6.45, 7) is 8.61. The first kappa shape index (κ1) is 20.8. The number of amides is 2. The predicted octanol–water partition coefficient (Wildman–Crippen LogP) is 3.87. The summed E-state index contributed by atoms with van der Waals surface area (Å²) in [5, 5.41) is 2.98. The van der Waals surface area contributed by atoms with E-state index in [0.29, 0.717) is 0 Å². The van der Waals surface area contributed by atoms with Gasteiger partial charge in [0.25, 0.3) is 0 Å². The van der Waals surface area contributed by atoms with Crippen LogP contribution in [0, 0.1) is 11.7 Å². The number of carbonyl (C=O) groups is 2. The second-order valence-electron chi connectivity index (χ2n) is 7.80. The summed E-state index contributed by atoms with van der Waals surface area (Å²) in [6, 6.07) is 13.9. The average molecular weight is 397 g/mol. The number of nitrogens with zero attached hydrogens (tertiary/aromatic N) is 2. The second kappa shape index (κ2) is 9.07. The fourth-order valence-corrected chi connectivity index (χ4v) is 3.76. The molecule has 2 amide bonds. The van der Waals surface area contributed by atoms with Gasteiger partial charge in [-0.1, -0.05) is 26.0 Å². The van der Waals surface area contributed by atoms with Gasteiger partial charge in [-0.05, 0) is 47.9 Å². The molecule has 29 heavy (non-hydrogen) atoms. The Morgan fingerprint density at radius 3 is 2.03 bits per heavy atom. The van der Waals surface area contributed by atoms with Crippen molar-refractivity contribution in [2.75, 3.05) is 36.4 Å². The molecule has 1 N–H and O–H groups in total. The normalized spacial score (nSPS) is 15.3. The molecule has 3 rings (SSSR count). The molecule has 1 aliphatic heterocycles. The summed E-state index contributed by atoms with van der Waals surface area (Å²) < 4.78 is 13.2. The van der Waals surface area contributed by atoms with Gasteiger partial charge in [-0.2, -0.15) is 0 Å². The van der Waals surface area contributed by atoms with Crippen LogP contribution < -0.4 is 10.2 Å². The number of piperazine rings is 1. The van der Waals surface area contributed by atoms with Crippen molar-refractivity contribution in [3.8, 4) is 0 Å². The highest BCUT2D eigenvalue weighted by atomic mass is 19.1. The monoisotopic (exact) mass is 397 g/mol. The standard InChI is InChI=1S/C23H28FN3O2/c1-16(2)22(18-4-6-19(24)7-5-18)23(29)25-20-8-10-21(11-9-20)27-14-12-26(13-15-27)17(3)28/h4-11,16,22H,12-15H2,1-3H3,(H,25,29). The van der Waals surface area contributed by atoms with E-state index in [1.165, 1.54) is 12.1 Å². The van der Waals surface area contributed by atoms with Crippen molar-refractivity contribution in [3.63, 3.8) is 0 Å². The Kier molecular flexibility index (Phi) is 6.52. The van der Waals surface area contributed by atoms with Crippen molar-refractivity contribution in [1.82, 2.24) is 4.90 Å². The molecule has 1 atom stereocenters. The van der Waals surface area contributed by atoms with Crippen LogP contribution >= 0.6 is 0 Å². The van der Waals surface area contributed by atoms with E-state index in [2.05, 4.69) is 10.2 Å². The molecule has 1 heterocycles. The van der Waals surface area contributed by atoms with Crippen molar-refractivity contribution in [1.29, 1.82) is 0 Å². The lowest BCUT2D eigenvalue weighted by Crippen LogP contribution is -2.48. The van der Waals surface area contributed by atoms with E-state index >= 15 is 0 Å². The van der Waals surface area contributed by atoms with Gasteiger partial charge in [-0.3, -0.25) is 9.59 Å². The maximum atomic E-state index is 13.2. The van der Waals surface area contributed by atoms with Crippen molar-refractivity contribution in [3.05, 3.63) is 59.9 Å². The summed E-state index contributed by atoms with van der Waals surface area (Å²) >= 11 is 0. The third-order valence-electron chi connectivity index (χ3n) is 5.40. The molecule has 0 bridgehead atoms. The Bertz CT molecular complexity index is 841. The van der Waals surface area contributed by atoms with Crippen LogP contribution in [0.25, 0.3) is 0 Å². The lowest BCUT2D eigenvalue weighted by Gasteiger charge is -2.35. The summed E-state index contributed by atoms with van der Waals surface area (Å²) in [5.74, 6) is -0.568. The Balaban J connectivity index is 1.64. The summed E-state index contributed by atoms with van der Waals surface area (Å²) in [6.07, 6.45) is 0. The zero-order valence-corrected chi connectivity index (χ0v) is 17.2. The van der Waals surface area contributed by atoms with Gasteiger partial charge in [0.1, 0.15) is 5.82 Å². The Morgan fingerprint density at radius 2 is 1.52 bits per heavy atom. The van der Waals surface area contributed by atoms with Gasteiger partial charge in [0, 0.05) is 44.5 Å². The molecule has 6 heteroatoms. The smallest absolute Gasteiger partial charge is 0.232 e. The fraction of sp³-hybridized carbons (Fsp3) is 0.391. The van der Waals surface area contributed by atoms with Crippen LogP contribution in [0.5, 0.6) is 0 Å². The molecule has 0 radical (unpaired) electrons. The van der Waals surface area contributed by atoms with Crippen LogP contribution in [0.4, 0.5) is 15.8 Å². The third-order valence-corrected chi connectivity index (χ3v) is 5.40. The minimum atomic E-state index is -0.352. The molecule has 1 fully saturated rings. The average Bonchev–Trinajstić information content (AvgIpc) is 2.70. The SMILES string of the molecule is CC(=O)N1CCN(c2ccc(NC(=O)C(c3ccc(F)cc3)C(C)C)cc2)CC1. The van der Waals surface area contributed by atoms with Gasteiger partial charge >= 0.3 is 0 Å². The largest absolute Gasteiger partial charge is 0.368 e. The molecule has 0 saturated carbocycles.